The minimum atomic E-state index is -3.66. The molecule has 6 nitrogen and oxygen atoms in total. The second-order valence-corrected chi connectivity index (χ2v) is 7.83. The quantitative estimate of drug-likeness (QED) is 0.671. The van der Waals surface area contributed by atoms with Crippen LogP contribution >= 0.6 is 0 Å². The van der Waals surface area contributed by atoms with Crippen LogP contribution < -0.4 is 9.47 Å². The van der Waals surface area contributed by atoms with Crippen molar-refractivity contribution in [2.75, 3.05) is 19.7 Å². The van der Waals surface area contributed by atoms with Crippen LogP contribution in [0.2, 0.25) is 0 Å². The minimum Gasteiger partial charge on any atom is -0.396 e. The summed E-state index contributed by atoms with van der Waals surface area (Å²) in [6.45, 7) is 0.351. The monoisotopic (exact) mass is 427 g/mol. The fourth-order valence-corrected chi connectivity index (χ4v) is 4.07. The number of fused-ring (bicyclic) bond motifs is 2. The zero-order valence-electron chi connectivity index (χ0n) is 16.3. The minimum absolute atomic E-state index is 0.00633. The van der Waals surface area contributed by atoms with Crippen molar-refractivity contribution in [1.82, 2.24) is 4.90 Å². The van der Waals surface area contributed by atoms with E-state index in [1.54, 1.807) is 23.1 Å². The van der Waals surface area contributed by atoms with Crippen molar-refractivity contribution >= 4 is 16.7 Å². The number of carbonyl (C=O) groups excluding carboxylic acids is 1. The Morgan fingerprint density at radius 3 is 2.42 bits per heavy atom. The summed E-state index contributed by atoms with van der Waals surface area (Å²) in [7, 11) is 0. The lowest BCUT2D eigenvalue weighted by Gasteiger charge is -2.16. The summed E-state index contributed by atoms with van der Waals surface area (Å²) in [4.78, 5) is 14.3. The highest BCUT2D eigenvalue weighted by Gasteiger charge is 2.43. The van der Waals surface area contributed by atoms with Crippen LogP contribution in [0.15, 0.2) is 54.6 Å². The van der Waals surface area contributed by atoms with Crippen LogP contribution in [0.25, 0.3) is 21.9 Å². The molecule has 0 saturated carbocycles. The van der Waals surface area contributed by atoms with E-state index in [4.69, 9.17) is 0 Å². The van der Waals surface area contributed by atoms with Crippen LogP contribution in [0.1, 0.15) is 10.4 Å². The fourth-order valence-electron chi connectivity index (χ4n) is 4.07. The molecule has 160 valence electrons. The van der Waals surface area contributed by atoms with E-state index in [1.165, 1.54) is 12.1 Å². The lowest BCUT2D eigenvalue weighted by Crippen LogP contribution is -2.29. The Morgan fingerprint density at radius 2 is 1.65 bits per heavy atom. The number of benzene rings is 3. The normalized spacial score (nSPS) is 21.6. The largest absolute Gasteiger partial charge is 0.586 e. The molecule has 1 saturated heterocycles. The van der Waals surface area contributed by atoms with Crippen molar-refractivity contribution in [2.45, 2.75) is 12.4 Å². The molecule has 5 rings (SSSR count). The maximum Gasteiger partial charge on any atom is 0.586 e. The molecule has 0 aliphatic carbocycles. The first kappa shape index (κ1) is 19.7. The first-order valence-electron chi connectivity index (χ1n) is 9.85. The summed E-state index contributed by atoms with van der Waals surface area (Å²) in [6, 6.07) is 15.5. The van der Waals surface area contributed by atoms with Gasteiger partial charge < -0.3 is 24.6 Å². The average molecular weight is 427 g/mol. The van der Waals surface area contributed by atoms with E-state index in [-0.39, 0.29) is 36.5 Å². The number of nitrogens with zero attached hydrogens (tertiary/aromatic N) is 1. The summed E-state index contributed by atoms with van der Waals surface area (Å²) in [5.74, 6) is -0.544. The SMILES string of the molecule is O=C(c1ccc2cc(-c3ccc4c(c3)OC(F)(F)O4)ccc2c1)N1C[C@H](CO)[C@@H](O)C1. The second kappa shape index (κ2) is 7.18. The number of β-amino-alcohol motifs (C(OH)–C–C–N with tert-alkyl or cyclic N) is 1. The maximum absolute atomic E-state index is 13.3. The highest BCUT2D eigenvalue weighted by molar-refractivity contribution is 5.99. The predicted molar refractivity (Wildman–Crippen MR) is 108 cm³/mol. The van der Waals surface area contributed by atoms with Crippen LogP contribution in [0.4, 0.5) is 8.78 Å². The molecule has 8 heteroatoms. The van der Waals surface area contributed by atoms with Gasteiger partial charge in [-0.3, -0.25) is 4.79 Å². The van der Waals surface area contributed by atoms with Gasteiger partial charge in [-0.15, -0.1) is 8.78 Å². The van der Waals surface area contributed by atoms with Gasteiger partial charge in [-0.25, -0.2) is 0 Å². The third kappa shape index (κ3) is 3.58. The number of amides is 1. The number of aliphatic hydroxyl groups excluding tert-OH is 2. The second-order valence-electron chi connectivity index (χ2n) is 7.83. The Balaban J connectivity index is 1.41. The summed E-state index contributed by atoms with van der Waals surface area (Å²) in [5.41, 5.74) is 2.00. The van der Waals surface area contributed by atoms with Crippen molar-refractivity contribution in [2.24, 2.45) is 5.92 Å². The van der Waals surface area contributed by atoms with Crippen molar-refractivity contribution in [3.63, 3.8) is 0 Å². The molecule has 2 N–H and O–H groups in total. The first-order valence-corrected chi connectivity index (χ1v) is 9.85. The number of ether oxygens (including phenoxy) is 2. The summed E-state index contributed by atoms with van der Waals surface area (Å²) in [6.07, 6.45) is -4.38. The van der Waals surface area contributed by atoms with Gasteiger partial charge in [0.1, 0.15) is 0 Å². The van der Waals surface area contributed by atoms with Gasteiger partial charge in [0.05, 0.1) is 12.7 Å². The van der Waals surface area contributed by atoms with Gasteiger partial charge in [0.15, 0.2) is 11.5 Å². The highest BCUT2D eigenvalue weighted by atomic mass is 19.3. The molecule has 1 amide bonds. The van der Waals surface area contributed by atoms with Crippen LogP contribution in [0, 0.1) is 5.92 Å². The molecule has 2 heterocycles. The molecule has 2 atom stereocenters. The number of carbonyl (C=O) groups is 1. The van der Waals surface area contributed by atoms with Crippen LogP contribution in [-0.4, -0.2) is 53.1 Å². The molecule has 0 bridgehead atoms. The fraction of sp³-hybridized carbons (Fsp3) is 0.261. The van der Waals surface area contributed by atoms with E-state index in [0.717, 1.165) is 16.3 Å². The zero-order valence-corrected chi connectivity index (χ0v) is 16.3. The van der Waals surface area contributed by atoms with Gasteiger partial charge in [0.2, 0.25) is 0 Å². The number of hydrogen-bond acceptors (Lipinski definition) is 5. The topological polar surface area (TPSA) is 79.2 Å². The van der Waals surface area contributed by atoms with E-state index >= 15 is 0 Å². The number of halogens is 2. The zero-order chi connectivity index (χ0) is 21.8. The molecule has 2 aliphatic heterocycles. The van der Waals surface area contributed by atoms with Crippen molar-refractivity contribution < 1.29 is 33.3 Å². The van der Waals surface area contributed by atoms with Crippen molar-refractivity contribution in [3.05, 3.63) is 60.2 Å². The predicted octanol–water partition coefficient (Wildman–Crippen LogP) is 3.25. The molecule has 0 unspecified atom stereocenters. The lowest BCUT2D eigenvalue weighted by atomic mass is 9.99. The number of aliphatic hydroxyl groups is 2. The molecule has 3 aromatic carbocycles. The lowest BCUT2D eigenvalue weighted by molar-refractivity contribution is -0.286. The number of rotatable bonds is 3. The molecular formula is C23H19F2NO5. The van der Waals surface area contributed by atoms with Gasteiger partial charge in [0, 0.05) is 24.6 Å². The molecule has 31 heavy (non-hydrogen) atoms. The van der Waals surface area contributed by atoms with Crippen molar-refractivity contribution in [3.8, 4) is 22.6 Å². The van der Waals surface area contributed by atoms with E-state index in [2.05, 4.69) is 9.47 Å². The third-order valence-electron chi connectivity index (χ3n) is 5.75. The maximum atomic E-state index is 13.3. The molecular weight excluding hydrogens is 408 g/mol. The van der Waals surface area contributed by atoms with Gasteiger partial charge in [-0.05, 0) is 52.2 Å². The molecule has 0 aromatic heterocycles. The van der Waals surface area contributed by atoms with E-state index in [9.17, 15) is 23.8 Å². The summed E-state index contributed by atoms with van der Waals surface area (Å²) in [5, 5.41) is 21.0. The summed E-state index contributed by atoms with van der Waals surface area (Å²) >= 11 is 0. The van der Waals surface area contributed by atoms with Crippen LogP contribution in [0.3, 0.4) is 0 Å². The standard InChI is InChI=1S/C23H19F2NO5/c24-23(25)30-20-6-5-16(9-21(20)31-23)14-1-2-15-8-17(4-3-13(15)7-14)22(29)26-10-18(12-27)19(28)11-26/h1-9,18-19,27-28H,10-12H2/t18-,19+/m1/s1. The number of hydrogen-bond donors (Lipinski definition) is 2. The molecule has 0 radical (unpaired) electrons. The van der Waals surface area contributed by atoms with Crippen molar-refractivity contribution in [1.29, 1.82) is 0 Å². The Morgan fingerprint density at radius 1 is 0.968 bits per heavy atom. The Bertz CT molecular complexity index is 1180. The molecule has 1 fully saturated rings. The average Bonchev–Trinajstić information content (AvgIpc) is 3.29. The smallest absolute Gasteiger partial charge is 0.396 e. The van der Waals surface area contributed by atoms with Gasteiger partial charge in [0.25, 0.3) is 5.91 Å². The molecule has 0 spiro atoms. The third-order valence-corrected chi connectivity index (χ3v) is 5.75. The molecule has 3 aromatic rings. The number of likely N-dealkylation sites (tertiary alicyclic amines) is 1. The first-order chi connectivity index (χ1) is 14.8. The van der Waals surface area contributed by atoms with Gasteiger partial charge >= 0.3 is 6.29 Å². The van der Waals surface area contributed by atoms with E-state index in [0.29, 0.717) is 17.7 Å². The summed E-state index contributed by atoms with van der Waals surface area (Å²) < 4.78 is 35.5. The highest BCUT2D eigenvalue weighted by Crippen LogP contribution is 2.43. The molecule has 2 aliphatic rings. The van der Waals surface area contributed by atoms with Crippen LogP contribution in [-0.2, 0) is 0 Å². The Hall–Kier alpha value is -3.23. The number of alkyl halides is 2. The van der Waals surface area contributed by atoms with Gasteiger partial charge in [-0.2, -0.15) is 0 Å². The van der Waals surface area contributed by atoms with Crippen LogP contribution in [0.5, 0.6) is 11.5 Å². The van der Waals surface area contributed by atoms with Gasteiger partial charge in [-0.1, -0.05) is 24.3 Å². The van der Waals surface area contributed by atoms with E-state index < -0.39 is 12.4 Å². The Labute approximate surface area is 176 Å². The Kier molecular flexibility index (Phi) is 4.56. The van der Waals surface area contributed by atoms with E-state index in [1.807, 2.05) is 24.3 Å².